The molecule has 0 radical (unpaired) electrons. The maximum Gasteiger partial charge on any atom is 0.276 e. The SMILES string of the molecule is O=C(CCC(=O)Nc1ccc(Cl)cc1Cl)NNC(=O)COc1ccc(-c2ccccc2)cc1. The summed E-state index contributed by atoms with van der Waals surface area (Å²) in [7, 11) is 0. The van der Waals surface area contributed by atoms with Crippen LogP contribution < -0.4 is 20.9 Å². The van der Waals surface area contributed by atoms with Crippen molar-refractivity contribution >= 4 is 46.6 Å². The Hall–Kier alpha value is -3.55. The fraction of sp³-hybridized carbons (Fsp3) is 0.125. The van der Waals surface area contributed by atoms with E-state index in [-0.39, 0.29) is 19.4 Å². The van der Waals surface area contributed by atoms with Crippen molar-refractivity contribution in [3.05, 3.63) is 82.8 Å². The van der Waals surface area contributed by atoms with Crippen LogP contribution in [-0.2, 0) is 14.4 Å². The van der Waals surface area contributed by atoms with Gasteiger partial charge in [0.25, 0.3) is 5.91 Å². The molecule has 0 fully saturated rings. The van der Waals surface area contributed by atoms with Crippen molar-refractivity contribution in [3.63, 3.8) is 0 Å². The summed E-state index contributed by atoms with van der Waals surface area (Å²) in [5.41, 5.74) is 7.00. The van der Waals surface area contributed by atoms with Crippen molar-refractivity contribution in [2.24, 2.45) is 0 Å². The predicted molar refractivity (Wildman–Crippen MR) is 128 cm³/mol. The molecule has 0 saturated carbocycles. The van der Waals surface area contributed by atoms with E-state index in [1.165, 1.54) is 6.07 Å². The Morgan fingerprint density at radius 3 is 2.06 bits per heavy atom. The Labute approximate surface area is 201 Å². The lowest BCUT2D eigenvalue weighted by molar-refractivity contribution is -0.130. The zero-order valence-corrected chi connectivity index (χ0v) is 19.0. The third kappa shape index (κ3) is 7.82. The molecule has 3 N–H and O–H groups in total. The zero-order valence-electron chi connectivity index (χ0n) is 17.4. The van der Waals surface area contributed by atoms with Gasteiger partial charge in [0.05, 0.1) is 10.7 Å². The summed E-state index contributed by atoms with van der Waals surface area (Å²) < 4.78 is 5.43. The number of nitrogens with one attached hydrogen (secondary N) is 3. The van der Waals surface area contributed by atoms with Crippen LogP contribution >= 0.6 is 23.2 Å². The Balaban J connectivity index is 1.34. The van der Waals surface area contributed by atoms with E-state index in [2.05, 4.69) is 16.2 Å². The largest absolute Gasteiger partial charge is 0.484 e. The quantitative estimate of drug-likeness (QED) is 0.406. The minimum absolute atomic E-state index is 0.0923. The first kappa shape index (κ1) is 24.1. The summed E-state index contributed by atoms with van der Waals surface area (Å²) in [6.07, 6.45) is -0.218. The topological polar surface area (TPSA) is 96.5 Å². The lowest BCUT2D eigenvalue weighted by Crippen LogP contribution is -2.44. The van der Waals surface area contributed by atoms with Gasteiger partial charge in [0.1, 0.15) is 5.75 Å². The summed E-state index contributed by atoms with van der Waals surface area (Å²) in [6.45, 7) is -0.277. The van der Waals surface area contributed by atoms with E-state index in [1.807, 2.05) is 42.5 Å². The standard InChI is InChI=1S/C24H21Cl2N3O4/c25-18-8-11-21(20(26)14-18)27-22(30)12-13-23(31)28-29-24(32)15-33-19-9-6-17(7-10-19)16-4-2-1-3-5-16/h1-11,14H,12-13,15H2,(H,27,30)(H,28,31)(H,29,32). The average Bonchev–Trinajstić information content (AvgIpc) is 2.83. The second-order valence-corrected chi connectivity index (χ2v) is 7.79. The number of amides is 3. The number of carbonyl (C=O) groups excluding carboxylic acids is 3. The lowest BCUT2D eigenvalue weighted by atomic mass is 10.1. The van der Waals surface area contributed by atoms with Crippen molar-refractivity contribution in [1.29, 1.82) is 0 Å². The molecule has 33 heavy (non-hydrogen) atoms. The van der Waals surface area contributed by atoms with Crippen LogP contribution in [-0.4, -0.2) is 24.3 Å². The molecule has 0 aliphatic carbocycles. The molecule has 0 aromatic heterocycles. The molecule has 0 aliphatic rings. The Kier molecular flexibility index (Phi) is 8.69. The maximum atomic E-state index is 12.0. The summed E-state index contributed by atoms with van der Waals surface area (Å²) in [4.78, 5) is 35.7. The molecule has 0 atom stereocenters. The maximum absolute atomic E-state index is 12.0. The summed E-state index contributed by atoms with van der Waals surface area (Å²) >= 11 is 11.8. The van der Waals surface area contributed by atoms with Crippen LogP contribution in [0.15, 0.2) is 72.8 Å². The fourth-order valence-electron chi connectivity index (χ4n) is 2.79. The van der Waals surface area contributed by atoms with Crippen LogP contribution in [0.5, 0.6) is 5.75 Å². The minimum Gasteiger partial charge on any atom is -0.484 e. The molecule has 3 aromatic rings. The van der Waals surface area contributed by atoms with Crippen molar-refractivity contribution in [2.75, 3.05) is 11.9 Å². The molecule has 170 valence electrons. The van der Waals surface area contributed by atoms with E-state index < -0.39 is 17.7 Å². The molecule has 0 saturated heterocycles. The molecule has 0 unspecified atom stereocenters. The van der Waals surface area contributed by atoms with Gasteiger partial charge in [0, 0.05) is 17.9 Å². The van der Waals surface area contributed by atoms with E-state index in [9.17, 15) is 14.4 Å². The lowest BCUT2D eigenvalue weighted by Gasteiger charge is -2.10. The first-order valence-corrected chi connectivity index (χ1v) is 10.8. The molecule has 3 aromatic carbocycles. The average molecular weight is 486 g/mol. The van der Waals surface area contributed by atoms with Gasteiger partial charge >= 0.3 is 0 Å². The second-order valence-electron chi connectivity index (χ2n) is 6.95. The molecule has 7 nitrogen and oxygen atoms in total. The number of ether oxygens (including phenoxy) is 1. The number of benzene rings is 3. The molecule has 3 rings (SSSR count). The summed E-state index contributed by atoms with van der Waals surface area (Å²) in [5.74, 6) is -0.933. The predicted octanol–water partition coefficient (Wildman–Crippen LogP) is 4.61. The highest BCUT2D eigenvalue weighted by molar-refractivity contribution is 6.36. The van der Waals surface area contributed by atoms with Gasteiger partial charge in [0.15, 0.2) is 6.61 Å². The van der Waals surface area contributed by atoms with Crippen molar-refractivity contribution in [1.82, 2.24) is 10.9 Å². The van der Waals surface area contributed by atoms with E-state index in [1.54, 1.807) is 24.3 Å². The van der Waals surface area contributed by atoms with Crippen LogP contribution in [0.3, 0.4) is 0 Å². The van der Waals surface area contributed by atoms with Gasteiger partial charge < -0.3 is 10.1 Å². The molecule has 3 amide bonds. The Morgan fingerprint density at radius 2 is 1.36 bits per heavy atom. The van der Waals surface area contributed by atoms with Gasteiger partial charge in [-0.1, -0.05) is 65.7 Å². The van der Waals surface area contributed by atoms with Crippen LogP contribution in [0.25, 0.3) is 11.1 Å². The summed E-state index contributed by atoms with van der Waals surface area (Å²) in [5, 5.41) is 3.33. The molecule has 0 spiro atoms. The van der Waals surface area contributed by atoms with Crippen molar-refractivity contribution in [2.45, 2.75) is 12.8 Å². The Bertz CT molecular complexity index is 1120. The summed E-state index contributed by atoms with van der Waals surface area (Å²) in [6, 6.07) is 21.8. The van der Waals surface area contributed by atoms with Gasteiger partial charge in [-0.15, -0.1) is 0 Å². The van der Waals surface area contributed by atoms with Gasteiger partial charge in [0.2, 0.25) is 11.8 Å². The number of rotatable bonds is 8. The van der Waals surface area contributed by atoms with Crippen LogP contribution in [0.1, 0.15) is 12.8 Å². The number of hydrogen-bond donors (Lipinski definition) is 3. The first-order chi connectivity index (χ1) is 15.9. The highest BCUT2D eigenvalue weighted by Gasteiger charge is 2.11. The van der Waals surface area contributed by atoms with Gasteiger partial charge in [-0.25, -0.2) is 0 Å². The third-order valence-corrected chi connectivity index (χ3v) is 5.00. The highest BCUT2D eigenvalue weighted by atomic mass is 35.5. The molecule has 0 bridgehead atoms. The smallest absolute Gasteiger partial charge is 0.276 e. The molecular formula is C24H21Cl2N3O4. The molecular weight excluding hydrogens is 465 g/mol. The zero-order chi connectivity index (χ0) is 23.6. The first-order valence-electron chi connectivity index (χ1n) is 10.0. The number of halogens is 2. The molecule has 0 aliphatic heterocycles. The number of anilines is 1. The van der Waals surface area contributed by atoms with E-state index in [0.717, 1.165) is 11.1 Å². The van der Waals surface area contributed by atoms with Crippen LogP contribution in [0, 0.1) is 0 Å². The molecule has 0 heterocycles. The number of hydrogen-bond acceptors (Lipinski definition) is 4. The van der Waals surface area contributed by atoms with Crippen molar-refractivity contribution < 1.29 is 19.1 Å². The van der Waals surface area contributed by atoms with Gasteiger partial charge in [-0.2, -0.15) is 0 Å². The van der Waals surface area contributed by atoms with Gasteiger partial charge in [-0.3, -0.25) is 25.2 Å². The monoisotopic (exact) mass is 485 g/mol. The molecule has 9 heteroatoms. The number of carbonyl (C=O) groups is 3. The Morgan fingerprint density at radius 1 is 0.727 bits per heavy atom. The minimum atomic E-state index is -0.534. The van der Waals surface area contributed by atoms with Crippen LogP contribution in [0.4, 0.5) is 5.69 Å². The second kappa shape index (κ2) is 11.9. The number of hydrazine groups is 1. The van der Waals surface area contributed by atoms with Crippen molar-refractivity contribution in [3.8, 4) is 16.9 Å². The van der Waals surface area contributed by atoms with E-state index in [0.29, 0.717) is 21.5 Å². The highest BCUT2D eigenvalue weighted by Crippen LogP contribution is 2.25. The van der Waals surface area contributed by atoms with E-state index >= 15 is 0 Å². The van der Waals surface area contributed by atoms with Crippen LogP contribution in [0.2, 0.25) is 10.0 Å². The van der Waals surface area contributed by atoms with Gasteiger partial charge in [-0.05, 0) is 41.5 Å². The normalized spacial score (nSPS) is 10.2. The third-order valence-electron chi connectivity index (χ3n) is 4.46. The van der Waals surface area contributed by atoms with E-state index in [4.69, 9.17) is 27.9 Å². The fourth-order valence-corrected chi connectivity index (χ4v) is 3.25.